The van der Waals surface area contributed by atoms with Crippen LogP contribution in [0.3, 0.4) is 0 Å². The number of rotatable bonds is 4. The first-order valence-corrected chi connectivity index (χ1v) is 6.93. The van der Waals surface area contributed by atoms with E-state index in [0.29, 0.717) is 32.8 Å². The van der Waals surface area contributed by atoms with Crippen LogP contribution in [0, 0.1) is 0 Å². The summed E-state index contributed by atoms with van der Waals surface area (Å²) in [6.45, 7) is 5.16. The summed E-state index contributed by atoms with van der Waals surface area (Å²) in [6.07, 6.45) is -2.96. The van der Waals surface area contributed by atoms with E-state index in [4.69, 9.17) is 4.74 Å². The highest BCUT2D eigenvalue weighted by atomic mass is 19.4. The van der Waals surface area contributed by atoms with Gasteiger partial charge in [-0.15, -0.1) is 0 Å². The highest BCUT2D eigenvalue weighted by molar-refractivity contribution is 5.48. The predicted molar refractivity (Wildman–Crippen MR) is 74.4 cm³/mol. The summed E-state index contributed by atoms with van der Waals surface area (Å²) >= 11 is 0. The molecule has 2 rings (SSSR count). The van der Waals surface area contributed by atoms with E-state index in [1.165, 1.54) is 12.3 Å². The number of pyridine rings is 1. The van der Waals surface area contributed by atoms with E-state index in [1.54, 1.807) is 12.0 Å². The van der Waals surface area contributed by atoms with Gasteiger partial charge in [0.15, 0.2) is 0 Å². The Labute approximate surface area is 122 Å². The molecule has 4 nitrogen and oxygen atoms in total. The SMILES string of the molecule is COCC(C)N1CCN(c2ncccc2C(F)(F)F)CC1. The van der Waals surface area contributed by atoms with E-state index < -0.39 is 11.7 Å². The molecule has 1 aliphatic heterocycles. The summed E-state index contributed by atoms with van der Waals surface area (Å²) in [5.41, 5.74) is -0.664. The lowest BCUT2D eigenvalue weighted by Crippen LogP contribution is -2.51. The third-order valence-electron chi connectivity index (χ3n) is 3.74. The third-order valence-corrected chi connectivity index (χ3v) is 3.74. The molecule has 7 heteroatoms. The van der Waals surface area contributed by atoms with Gasteiger partial charge in [0, 0.05) is 45.5 Å². The Bertz CT molecular complexity index is 459. The van der Waals surface area contributed by atoms with Crippen molar-refractivity contribution in [1.29, 1.82) is 0 Å². The first kappa shape index (κ1) is 16.0. The highest BCUT2D eigenvalue weighted by Gasteiger charge is 2.36. The molecule has 1 fully saturated rings. The summed E-state index contributed by atoms with van der Waals surface area (Å²) < 4.78 is 44.2. The smallest absolute Gasteiger partial charge is 0.383 e. The lowest BCUT2D eigenvalue weighted by Gasteiger charge is -2.39. The Morgan fingerprint density at radius 3 is 2.52 bits per heavy atom. The van der Waals surface area contributed by atoms with Crippen molar-refractivity contribution in [2.45, 2.75) is 19.1 Å². The van der Waals surface area contributed by atoms with Crippen LogP contribution in [0.1, 0.15) is 12.5 Å². The van der Waals surface area contributed by atoms with Crippen molar-refractivity contribution >= 4 is 5.82 Å². The van der Waals surface area contributed by atoms with Crippen LogP contribution in [0.4, 0.5) is 19.0 Å². The van der Waals surface area contributed by atoms with Gasteiger partial charge in [-0.05, 0) is 19.1 Å². The summed E-state index contributed by atoms with van der Waals surface area (Å²) in [4.78, 5) is 7.86. The monoisotopic (exact) mass is 303 g/mol. The molecule has 1 aromatic rings. The van der Waals surface area contributed by atoms with Gasteiger partial charge in [0.25, 0.3) is 0 Å². The molecule has 0 amide bonds. The molecule has 2 heterocycles. The van der Waals surface area contributed by atoms with Gasteiger partial charge in [0.05, 0.1) is 12.2 Å². The Balaban J connectivity index is 2.06. The molecule has 1 saturated heterocycles. The molecule has 0 aromatic carbocycles. The maximum Gasteiger partial charge on any atom is 0.419 e. The summed E-state index contributed by atoms with van der Waals surface area (Å²) in [5.74, 6) is 0.0315. The highest BCUT2D eigenvalue weighted by Crippen LogP contribution is 2.35. The van der Waals surface area contributed by atoms with Gasteiger partial charge in [-0.3, -0.25) is 4.90 Å². The molecule has 1 aromatic heterocycles. The van der Waals surface area contributed by atoms with Crippen molar-refractivity contribution in [3.8, 4) is 0 Å². The van der Waals surface area contributed by atoms with E-state index in [9.17, 15) is 13.2 Å². The molecule has 0 spiro atoms. The molecular weight excluding hydrogens is 283 g/mol. The number of halogens is 3. The number of hydrogen-bond acceptors (Lipinski definition) is 4. The van der Waals surface area contributed by atoms with E-state index in [0.717, 1.165) is 6.07 Å². The fraction of sp³-hybridized carbons (Fsp3) is 0.643. The zero-order chi connectivity index (χ0) is 15.5. The van der Waals surface area contributed by atoms with Gasteiger partial charge < -0.3 is 9.64 Å². The molecular formula is C14H20F3N3O. The molecule has 1 unspecified atom stereocenters. The Kier molecular flexibility index (Phi) is 5.05. The van der Waals surface area contributed by atoms with E-state index in [-0.39, 0.29) is 11.9 Å². The van der Waals surface area contributed by atoms with Crippen LogP contribution in [0.15, 0.2) is 18.3 Å². The van der Waals surface area contributed by atoms with E-state index >= 15 is 0 Å². The first-order valence-electron chi connectivity index (χ1n) is 6.93. The number of nitrogens with zero attached hydrogens (tertiary/aromatic N) is 3. The van der Waals surface area contributed by atoms with Gasteiger partial charge in [0.2, 0.25) is 0 Å². The predicted octanol–water partition coefficient (Wildman–Crippen LogP) is 2.26. The standard InChI is InChI=1S/C14H20F3N3O/c1-11(10-21-2)19-6-8-20(9-7-19)13-12(14(15,16)17)4-3-5-18-13/h3-5,11H,6-10H2,1-2H3. The zero-order valence-electron chi connectivity index (χ0n) is 12.2. The summed E-state index contributed by atoms with van der Waals surface area (Å²) in [7, 11) is 1.65. The maximum absolute atomic E-state index is 13.0. The van der Waals surface area contributed by atoms with Crippen molar-refractivity contribution in [2.24, 2.45) is 0 Å². The number of ether oxygens (including phenoxy) is 1. The van der Waals surface area contributed by atoms with Gasteiger partial charge in [0.1, 0.15) is 5.82 Å². The minimum atomic E-state index is -4.37. The van der Waals surface area contributed by atoms with Crippen molar-refractivity contribution in [3.63, 3.8) is 0 Å². The van der Waals surface area contributed by atoms with Crippen LogP contribution >= 0.6 is 0 Å². The van der Waals surface area contributed by atoms with Crippen molar-refractivity contribution in [2.75, 3.05) is 44.8 Å². The lowest BCUT2D eigenvalue weighted by atomic mass is 10.2. The Morgan fingerprint density at radius 1 is 1.29 bits per heavy atom. The molecule has 0 bridgehead atoms. The minimum Gasteiger partial charge on any atom is -0.383 e. The number of methoxy groups -OCH3 is 1. The number of aromatic nitrogens is 1. The van der Waals surface area contributed by atoms with Gasteiger partial charge in [-0.25, -0.2) is 4.98 Å². The summed E-state index contributed by atoms with van der Waals surface area (Å²) in [5, 5.41) is 0. The second-order valence-electron chi connectivity index (χ2n) is 5.20. The largest absolute Gasteiger partial charge is 0.419 e. The van der Waals surface area contributed by atoms with Gasteiger partial charge in [-0.2, -0.15) is 13.2 Å². The molecule has 21 heavy (non-hydrogen) atoms. The number of alkyl halides is 3. The second kappa shape index (κ2) is 6.62. The molecule has 0 saturated carbocycles. The average molecular weight is 303 g/mol. The van der Waals surface area contributed by atoms with Crippen molar-refractivity contribution in [3.05, 3.63) is 23.9 Å². The van der Waals surface area contributed by atoms with Crippen LogP contribution < -0.4 is 4.90 Å². The van der Waals surface area contributed by atoms with Crippen LogP contribution in [0.5, 0.6) is 0 Å². The van der Waals surface area contributed by atoms with Crippen LogP contribution in [-0.2, 0) is 10.9 Å². The topological polar surface area (TPSA) is 28.6 Å². The molecule has 0 radical (unpaired) electrons. The molecule has 0 N–H and O–H groups in total. The van der Waals surface area contributed by atoms with Crippen molar-refractivity contribution in [1.82, 2.24) is 9.88 Å². The normalized spacial score (nSPS) is 18.8. The maximum atomic E-state index is 13.0. The van der Waals surface area contributed by atoms with E-state index in [2.05, 4.69) is 16.8 Å². The lowest BCUT2D eigenvalue weighted by molar-refractivity contribution is -0.137. The van der Waals surface area contributed by atoms with E-state index in [1.807, 2.05) is 0 Å². The fourth-order valence-corrected chi connectivity index (χ4v) is 2.59. The number of anilines is 1. The molecule has 1 aliphatic rings. The zero-order valence-corrected chi connectivity index (χ0v) is 12.2. The number of hydrogen-bond donors (Lipinski definition) is 0. The second-order valence-corrected chi connectivity index (χ2v) is 5.20. The minimum absolute atomic E-state index is 0.0315. The molecule has 1 atom stereocenters. The Morgan fingerprint density at radius 2 is 1.95 bits per heavy atom. The fourth-order valence-electron chi connectivity index (χ4n) is 2.59. The van der Waals surface area contributed by atoms with Gasteiger partial charge >= 0.3 is 6.18 Å². The van der Waals surface area contributed by atoms with Gasteiger partial charge in [-0.1, -0.05) is 0 Å². The van der Waals surface area contributed by atoms with Crippen molar-refractivity contribution < 1.29 is 17.9 Å². The Hall–Kier alpha value is -1.34. The van der Waals surface area contributed by atoms with Crippen LogP contribution in [0.2, 0.25) is 0 Å². The number of piperazine rings is 1. The van der Waals surface area contributed by atoms with Crippen LogP contribution in [-0.4, -0.2) is 55.8 Å². The molecule has 118 valence electrons. The average Bonchev–Trinajstić information content (AvgIpc) is 2.47. The quantitative estimate of drug-likeness (QED) is 0.853. The van der Waals surface area contributed by atoms with Crippen LogP contribution in [0.25, 0.3) is 0 Å². The summed E-state index contributed by atoms with van der Waals surface area (Å²) in [6, 6.07) is 2.67. The molecule has 0 aliphatic carbocycles. The third kappa shape index (κ3) is 3.85. The first-order chi connectivity index (χ1) is 9.93.